The van der Waals surface area contributed by atoms with Crippen LogP contribution in [0.1, 0.15) is 5.56 Å². The van der Waals surface area contributed by atoms with Gasteiger partial charge in [0.15, 0.2) is 0 Å². The van der Waals surface area contributed by atoms with Crippen molar-refractivity contribution in [3.8, 4) is 11.6 Å². The molecule has 2 nitrogen and oxygen atoms in total. The summed E-state index contributed by atoms with van der Waals surface area (Å²) in [4.78, 5) is 4.51. The zero-order valence-corrected chi connectivity index (χ0v) is 13.1. The second-order valence-electron chi connectivity index (χ2n) is 4.46. The van der Waals surface area contributed by atoms with Gasteiger partial charge in [0.25, 0.3) is 0 Å². The minimum Gasteiger partial charge on any atom is -0.439 e. The Hall–Kier alpha value is -1.48. The van der Waals surface area contributed by atoms with Crippen LogP contribution in [0.15, 0.2) is 48.5 Å². The molecule has 1 aromatic heterocycles. The Kier molecular flexibility index (Phi) is 4.20. The minimum absolute atomic E-state index is 0.314. The van der Waals surface area contributed by atoms with Gasteiger partial charge >= 0.3 is 0 Å². The van der Waals surface area contributed by atoms with Crippen LogP contribution in [-0.2, 0) is 5.88 Å². The van der Waals surface area contributed by atoms with Gasteiger partial charge in [-0.3, -0.25) is 0 Å². The van der Waals surface area contributed by atoms with Crippen molar-refractivity contribution in [3.63, 3.8) is 0 Å². The largest absolute Gasteiger partial charge is 0.439 e. The molecule has 0 aliphatic carbocycles. The van der Waals surface area contributed by atoms with Crippen LogP contribution in [0.4, 0.5) is 0 Å². The molecule has 0 spiro atoms. The van der Waals surface area contributed by atoms with Crippen molar-refractivity contribution in [3.05, 3.63) is 64.1 Å². The van der Waals surface area contributed by atoms with E-state index in [0.717, 1.165) is 16.5 Å². The zero-order valence-electron chi connectivity index (χ0n) is 10.8. The molecule has 5 heteroatoms. The number of halogens is 3. The molecule has 0 N–H and O–H groups in total. The van der Waals surface area contributed by atoms with Crippen LogP contribution in [0, 0.1) is 0 Å². The quantitative estimate of drug-likeness (QED) is 0.540. The van der Waals surface area contributed by atoms with Crippen LogP contribution >= 0.6 is 34.8 Å². The smallest absolute Gasteiger partial charge is 0.224 e. The number of para-hydroxylation sites is 1. The Bertz CT molecular complexity index is 805. The third-order valence-electron chi connectivity index (χ3n) is 3.01. The monoisotopic (exact) mass is 337 g/mol. The van der Waals surface area contributed by atoms with E-state index in [1.165, 1.54) is 0 Å². The van der Waals surface area contributed by atoms with Gasteiger partial charge in [0.05, 0.1) is 21.4 Å². The minimum atomic E-state index is 0.314. The number of ether oxygens (including phenoxy) is 1. The van der Waals surface area contributed by atoms with E-state index in [1.54, 1.807) is 18.2 Å². The number of hydrogen-bond acceptors (Lipinski definition) is 2. The molecule has 0 fully saturated rings. The van der Waals surface area contributed by atoms with Gasteiger partial charge in [0.2, 0.25) is 5.88 Å². The van der Waals surface area contributed by atoms with E-state index in [1.807, 2.05) is 30.3 Å². The summed E-state index contributed by atoms with van der Waals surface area (Å²) in [5.74, 6) is 1.36. The van der Waals surface area contributed by atoms with Crippen molar-refractivity contribution in [2.75, 3.05) is 0 Å². The molecule has 2 aromatic carbocycles. The Labute approximate surface area is 137 Å². The molecular formula is C16H10Cl3NO. The number of aromatic nitrogens is 1. The lowest BCUT2D eigenvalue weighted by molar-refractivity contribution is 0.460. The van der Waals surface area contributed by atoms with Gasteiger partial charge in [0.1, 0.15) is 5.75 Å². The number of nitrogens with zero attached hydrogens (tertiary/aromatic N) is 1. The molecule has 0 saturated carbocycles. The molecule has 3 rings (SSSR count). The van der Waals surface area contributed by atoms with E-state index < -0.39 is 0 Å². The van der Waals surface area contributed by atoms with Gasteiger partial charge in [-0.2, -0.15) is 0 Å². The highest BCUT2D eigenvalue weighted by atomic mass is 35.5. The van der Waals surface area contributed by atoms with Crippen molar-refractivity contribution in [2.24, 2.45) is 0 Å². The van der Waals surface area contributed by atoms with Crippen LogP contribution in [0.25, 0.3) is 10.9 Å². The Morgan fingerprint density at radius 1 is 0.952 bits per heavy atom. The molecular weight excluding hydrogens is 329 g/mol. The van der Waals surface area contributed by atoms with Crippen LogP contribution in [0.5, 0.6) is 11.6 Å². The van der Waals surface area contributed by atoms with E-state index in [9.17, 15) is 0 Å². The number of alkyl halides is 1. The SMILES string of the molecule is ClCc1cc2ccccc2nc1Oc1ccc(Cl)c(Cl)c1. The van der Waals surface area contributed by atoms with E-state index in [4.69, 9.17) is 39.5 Å². The first-order chi connectivity index (χ1) is 10.2. The second kappa shape index (κ2) is 6.10. The summed E-state index contributed by atoms with van der Waals surface area (Å²) in [6.45, 7) is 0. The molecule has 0 aliphatic heterocycles. The first kappa shape index (κ1) is 14.5. The number of hydrogen-bond donors (Lipinski definition) is 0. The maximum Gasteiger partial charge on any atom is 0.224 e. The van der Waals surface area contributed by atoms with Gasteiger partial charge in [-0.1, -0.05) is 41.4 Å². The molecule has 0 bridgehead atoms. The van der Waals surface area contributed by atoms with Gasteiger partial charge in [-0.05, 0) is 24.3 Å². The lowest BCUT2D eigenvalue weighted by Gasteiger charge is -2.10. The van der Waals surface area contributed by atoms with Crippen molar-refractivity contribution >= 4 is 45.7 Å². The van der Waals surface area contributed by atoms with E-state index in [0.29, 0.717) is 27.6 Å². The highest BCUT2D eigenvalue weighted by molar-refractivity contribution is 6.42. The number of fused-ring (bicyclic) bond motifs is 1. The summed E-state index contributed by atoms with van der Waals surface area (Å²) < 4.78 is 5.81. The van der Waals surface area contributed by atoms with Crippen LogP contribution in [0.3, 0.4) is 0 Å². The van der Waals surface area contributed by atoms with E-state index >= 15 is 0 Å². The lowest BCUT2D eigenvalue weighted by Crippen LogP contribution is -1.94. The van der Waals surface area contributed by atoms with Crippen molar-refractivity contribution in [1.29, 1.82) is 0 Å². The Morgan fingerprint density at radius 3 is 2.52 bits per heavy atom. The topological polar surface area (TPSA) is 22.1 Å². The predicted octanol–water partition coefficient (Wildman–Crippen LogP) is 6.07. The average Bonchev–Trinajstić information content (AvgIpc) is 2.50. The molecule has 106 valence electrons. The van der Waals surface area contributed by atoms with Crippen molar-refractivity contribution in [2.45, 2.75) is 5.88 Å². The predicted molar refractivity (Wildman–Crippen MR) is 87.8 cm³/mol. The lowest BCUT2D eigenvalue weighted by atomic mass is 10.2. The van der Waals surface area contributed by atoms with Gasteiger partial charge in [-0.15, -0.1) is 11.6 Å². The Balaban J connectivity index is 2.04. The molecule has 3 aromatic rings. The van der Waals surface area contributed by atoms with E-state index in [-0.39, 0.29) is 0 Å². The summed E-state index contributed by atoms with van der Waals surface area (Å²) >= 11 is 17.9. The van der Waals surface area contributed by atoms with Crippen LogP contribution in [-0.4, -0.2) is 4.98 Å². The molecule has 0 aliphatic rings. The maximum absolute atomic E-state index is 5.99. The molecule has 21 heavy (non-hydrogen) atoms. The van der Waals surface area contributed by atoms with Crippen LogP contribution in [0.2, 0.25) is 10.0 Å². The summed E-state index contributed by atoms with van der Waals surface area (Å²) in [5.41, 5.74) is 1.67. The first-order valence-electron chi connectivity index (χ1n) is 6.25. The summed E-state index contributed by atoms with van der Waals surface area (Å²) in [7, 11) is 0. The molecule has 0 saturated heterocycles. The van der Waals surface area contributed by atoms with Gasteiger partial charge in [0, 0.05) is 17.0 Å². The highest BCUT2D eigenvalue weighted by Gasteiger charge is 2.09. The normalized spacial score (nSPS) is 10.8. The van der Waals surface area contributed by atoms with E-state index in [2.05, 4.69) is 4.98 Å². The zero-order chi connectivity index (χ0) is 14.8. The molecule has 0 unspecified atom stereocenters. The highest BCUT2D eigenvalue weighted by Crippen LogP contribution is 2.31. The fourth-order valence-corrected chi connectivity index (χ4v) is 2.46. The summed E-state index contributed by atoms with van der Waals surface area (Å²) in [5, 5.41) is 1.94. The Morgan fingerprint density at radius 2 is 1.76 bits per heavy atom. The van der Waals surface area contributed by atoms with Gasteiger partial charge in [-0.25, -0.2) is 4.98 Å². The van der Waals surface area contributed by atoms with Crippen molar-refractivity contribution < 1.29 is 4.74 Å². The fourth-order valence-electron chi connectivity index (χ4n) is 1.98. The third-order valence-corrected chi connectivity index (χ3v) is 4.04. The van der Waals surface area contributed by atoms with Crippen molar-refractivity contribution in [1.82, 2.24) is 4.98 Å². The first-order valence-corrected chi connectivity index (χ1v) is 7.54. The summed E-state index contributed by atoms with van der Waals surface area (Å²) in [6.07, 6.45) is 0. The number of benzene rings is 2. The van der Waals surface area contributed by atoms with Crippen LogP contribution < -0.4 is 4.74 Å². The third kappa shape index (κ3) is 3.08. The number of rotatable bonds is 3. The standard InChI is InChI=1S/C16H10Cl3NO/c17-9-11-7-10-3-1-2-4-15(10)20-16(11)21-12-5-6-13(18)14(19)8-12/h1-8H,9H2. The molecule has 1 heterocycles. The second-order valence-corrected chi connectivity index (χ2v) is 5.54. The fraction of sp³-hybridized carbons (Fsp3) is 0.0625. The van der Waals surface area contributed by atoms with Gasteiger partial charge < -0.3 is 4.74 Å². The molecule has 0 radical (unpaired) electrons. The average molecular weight is 339 g/mol. The summed E-state index contributed by atoms with van der Waals surface area (Å²) in [6, 6.07) is 14.8. The number of pyridine rings is 1. The molecule has 0 amide bonds. The maximum atomic E-state index is 5.99. The molecule has 0 atom stereocenters.